The van der Waals surface area contributed by atoms with E-state index in [-0.39, 0.29) is 27.4 Å². The van der Waals surface area contributed by atoms with Crippen LogP contribution in [0.3, 0.4) is 0 Å². The van der Waals surface area contributed by atoms with Gasteiger partial charge in [0.1, 0.15) is 0 Å². The highest BCUT2D eigenvalue weighted by Gasteiger charge is 2.31. The number of sulfonamides is 1. The van der Waals surface area contributed by atoms with Crippen LogP contribution < -0.4 is 5.32 Å². The molecular formula is C22H26ClN3O4S. The van der Waals surface area contributed by atoms with Gasteiger partial charge in [-0.25, -0.2) is 8.42 Å². The van der Waals surface area contributed by atoms with E-state index in [1.165, 1.54) is 27.4 Å². The minimum absolute atomic E-state index is 0.0678. The van der Waals surface area contributed by atoms with Crippen molar-refractivity contribution in [2.45, 2.75) is 37.1 Å². The number of amides is 2. The number of halogens is 1. The summed E-state index contributed by atoms with van der Waals surface area (Å²) in [6.07, 6.45) is 2.67. The fourth-order valence-corrected chi connectivity index (χ4v) is 5.58. The van der Waals surface area contributed by atoms with Crippen molar-refractivity contribution in [2.24, 2.45) is 0 Å². The molecule has 2 aromatic rings. The van der Waals surface area contributed by atoms with E-state index in [2.05, 4.69) is 5.32 Å². The van der Waals surface area contributed by atoms with Gasteiger partial charge in [0.2, 0.25) is 10.0 Å². The molecule has 1 aliphatic rings. The van der Waals surface area contributed by atoms with Gasteiger partial charge in [0.25, 0.3) is 11.8 Å². The van der Waals surface area contributed by atoms with Crippen LogP contribution in [0.25, 0.3) is 0 Å². The Bertz CT molecular complexity index is 1100. The lowest BCUT2D eigenvalue weighted by atomic mass is 10.1. The van der Waals surface area contributed by atoms with Crippen LogP contribution in [0.5, 0.6) is 0 Å². The number of nitrogens with one attached hydrogen (secondary N) is 1. The minimum atomic E-state index is -3.68. The van der Waals surface area contributed by atoms with Crippen LogP contribution in [0.1, 0.15) is 46.9 Å². The average Bonchev–Trinajstić information content (AvgIpc) is 2.73. The first-order valence-electron chi connectivity index (χ1n) is 10.1. The summed E-state index contributed by atoms with van der Waals surface area (Å²) in [4.78, 5) is 26.3. The van der Waals surface area contributed by atoms with Crippen molar-refractivity contribution in [1.29, 1.82) is 0 Å². The minimum Gasteiger partial charge on any atom is -0.345 e. The maximum atomic E-state index is 13.1. The van der Waals surface area contributed by atoms with Crippen LogP contribution in [0.15, 0.2) is 47.4 Å². The molecule has 1 unspecified atom stereocenters. The molecule has 0 spiro atoms. The molecule has 31 heavy (non-hydrogen) atoms. The average molecular weight is 464 g/mol. The smallest absolute Gasteiger partial charge is 0.255 e. The fraction of sp³-hybridized carbons (Fsp3) is 0.364. The summed E-state index contributed by atoms with van der Waals surface area (Å²) in [6.45, 7) is 2.39. The third kappa shape index (κ3) is 5.08. The van der Waals surface area contributed by atoms with E-state index in [4.69, 9.17) is 11.6 Å². The predicted molar refractivity (Wildman–Crippen MR) is 121 cm³/mol. The van der Waals surface area contributed by atoms with E-state index in [1.54, 1.807) is 38.4 Å². The lowest BCUT2D eigenvalue weighted by Crippen LogP contribution is -2.41. The van der Waals surface area contributed by atoms with Gasteiger partial charge in [0, 0.05) is 37.9 Å². The number of anilines is 1. The van der Waals surface area contributed by atoms with E-state index >= 15 is 0 Å². The van der Waals surface area contributed by atoms with E-state index in [9.17, 15) is 18.0 Å². The lowest BCUT2D eigenvalue weighted by Gasteiger charge is -2.32. The summed E-state index contributed by atoms with van der Waals surface area (Å²) in [6, 6.07) is 10.6. The third-order valence-electron chi connectivity index (χ3n) is 5.31. The van der Waals surface area contributed by atoms with Gasteiger partial charge in [-0.05, 0) is 56.2 Å². The highest BCUT2D eigenvalue weighted by molar-refractivity contribution is 7.89. The molecule has 0 aliphatic carbocycles. The summed E-state index contributed by atoms with van der Waals surface area (Å²) in [5.41, 5.74) is 0.951. The van der Waals surface area contributed by atoms with Crippen molar-refractivity contribution >= 4 is 39.1 Å². The van der Waals surface area contributed by atoms with E-state index in [0.29, 0.717) is 17.8 Å². The molecule has 0 saturated carbocycles. The number of carbonyl (C=O) groups is 2. The van der Waals surface area contributed by atoms with Crippen molar-refractivity contribution < 1.29 is 18.0 Å². The van der Waals surface area contributed by atoms with Crippen LogP contribution in [-0.2, 0) is 10.0 Å². The summed E-state index contributed by atoms with van der Waals surface area (Å²) >= 11 is 6.20. The Hall–Kier alpha value is -2.42. The van der Waals surface area contributed by atoms with Gasteiger partial charge in [-0.15, -0.1) is 0 Å². The standard InChI is InChI=1S/C22H26ClN3O4S/c1-15-7-4-5-12-26(15)31(29,30)18-9-6-8-16(13-18)21(27)24-17-10-11-19(20(23)14-17)22(28)25(2)3/h6,8-11,13-15H,4-5,7,12H2,1-3H3,(H,24,27). The molecule has 0 aromatic heterocycles. The number of benzene rings is 2. The van der Waals surface area contributed by atoms with Gasteiger partial charge in [-0.1, -0.05) is 24.1 Å². The highest BCUT2D eigenvalue weighted by atomic mass is 35.5. The number of piperidine rings is 1. The molecule has 7 nitrogen and oxygen atoms in total. The molecule has 1 N–H and O–H groups in total. The molecule has 1 aliphatic heterocycles. The molecule has 2 amide bonds. The Balaban J connectivity index is 1.81. The first-order chi connectivity index (χ1) is 14.6. The molecule has 1 fully saturated rings. The molecule has 1 saturated heterocycles. The Morgan fingerprint density at radius 3 is 2.52 bits per heavy atom. The summed E-state index contributed by atoms with van der Waals surface area (Å²) in [5, 5.41) is 2.92. The maximum Gasteiger partial charge on any atom is 0.255 e. The molecule has 3 rings (SSSR count). The Kier molecular flexibility index (Phi) is 7.03. The van der Waals surface area contributed by atoms with Gasteiger partial charge >= 0.3 is 0 Å². The second kappa shape index (κ2) is 9.38. The van der Waals surface area contributed by atoms with Crippen molar-refractivity contribution in [1.82, 2.24) is 9.21 Å². The number of hydrogen-bond donors (Lipinski definition) is 1. The van der Waals surface area contributed by atoms with Crippen molar-refractivity contribution in [3.8, 4) is 0 Å². The zero-order valence-electron chi connectivity index (χ0n) is 17.8. The molecule has 1 atom stereocenters. The highest BCUT2D eigenvalue weighted by Crippen LogP contribution is 2.26. The maximum absolute atomic E-state index is 13.1. The number of rotatable bonds is 5. The third-order valence-corrected chi connectivity index (χ3v) is 7.63. The van der Waals surface area contributed by atoms with Crippen LogP contribution in [0.4, 0.5) is 5.69 Å². The largest absolute Gasteiger partial charge is 0.345 e. The molecule has 1 heterocycles. The normalized spacial score (nSPS) is 17.2. The van der Waals surface area contributed by atoms with Crippen LogP contribution >= 0.6 is 11.6 Å². The van der Waals surface area contributed by atoms with E-state index in [0.717, 1.165) is 19.3 Å². The van der Waals surface area contributed by atoms with Crippen molar-refractivity contribution in [3.63, 3.8) is 0 Å². The molecule has 2 aromatic carbocycles. The first-order valence-corrected chi connectivity index (χ1v) is 11.9. The Labute approximate surface area is 188 Å². The molecule has 166 valence electrons. The topological polar surface area (TPSA) is 86.8 Å². The quantitative estimate of drug-likeness (QED) is 0.729. The molecular weight excluding hydrogens is 438 g/mol. The number of hydrogen-bond acceptors (Lipinski definition) is 4. The Morgan fingerprint density at radius 2 is 1.87 bits per heavy atom. The summed E-state index contributed by atoms with van der Waals surface area (Å²) < 4.78 is 27.7. The lowest BCUT2D eigenvalue weighted by molar-refractivity contribution is 0.0827. The van der Waals surface area contributed by atoms with Gasteiger partial charge in [-0.3, -0.25) is 9.59 Å². The SMILES string of the molecule is CC1CCCCN1S(=O)(=O)c1cccc(C(=O)Nc2ccc(C(=O)N(C)C)c(Cl)c2)c1. The zero-order valence-corrected chi connectivity index (χ0v) is 19.3. The molecule has 0 bridgehead atoms. The van der Waals surface area contributed by atoms with Gasteiger partial charge in [0.15, 0.2) is 0 Å². The number of nitrogens with zero attached hydrogens (tertiary/aromatic N) is 2. The Morgan fingerprint density at radius 1 is 1.13 bits per heavy atom. The monoisotopic (exact) mass is 463 g/mol. The van der Waals surface area contributed by atoms with Crippen LogP contribution in [-0.4, -0.2) is 56.1 Å². The predicted octanol–water partition coefficient (Wildman–Crippen LogP) is 3.86. The first kappa shape index (κ1) is 23.2. The zero-order chi connectivity index (χ0) is 22.8. The van der Waals surface area contributed by atoms with Gasteiger partial charge < -0.3 is 10.2 Å². The van der Waals surface area contributed by atoms with Crippen molar-refractivity contribution in [2.75, 3.05) is 26.0 Å². The fourth-order valence-electron chi connectivity index (χ4n) is 3.57. The van der Waals surface area contributed by atoms with Crippen LogP contribution in [0, 0.1) is 0 Å². The van der Waals surface area contributed by atoms with E-state index in [1.807, 2.05) is 6.92 Å². The van der Waals surface area contributed by atoms with Gasteiger partial charge in [-0.2, -0.15) is 4.31 Å². The summed E-state index contributed by atoms with van der Waals surface area (Å²) in [7, 11) is -0.430. The molecule has 0 radical (unpaired) electrons. The van der Waals surface area contributed by atoms with Crippen LogP contribution in [0.2, 0.25) is 5.02 Å². The van der Waals surface area contributed by atoms with E-state index < -0.39 is 15.9 Å². The second-order valence-corrected chi connectivity index (χ2v) is 10.1. The van der Waals surface area contributed by atoms with Gasteiger partial charge in [0.05, 0.1) is 15.5 Å². The summed E-state index contributed by atoms with van der Waals surface area (Å²) in [5.74, 6) is -0.709. The number of carbonyl (C=O) groups excluding carboxylic acids is 2. The second-order valence-electron chi connectivity index (χ2n) is 7.84. The molecule has 9 heteroatoms. The van der Waals surface area contributed by atoms with Crippen molar-refractivity contribution in [3.05, 3.63) is 58.6 Å².